The molecule has 3 rings (SSSR count). The molecule has 2 aliphatic rings. The highest BCUT2D eigenvalue weighted by molar-refractivity contribution is 7.99. The molecule has 24 heavy (non-hydrogen) atoms. The minimum Gasteiger partial charge on any atom is -0.340 e. The third-order valence-electron chi connectivity index (χ3n) is 4.05. The molecule has 0 aliphatic carbocycles. The first-order chi connectivity index (χ1) is 10.3. The second-order valence-electron chi connectivity index (χ2n) is 5.53. The molecule has 0 bridgehead atoms. The molecule has 138 valence electrons. The van der Waals surface area contributed by atoms with Crippen LogP contribution in [0.1, 0.15) is 12.1 Å². The van der Waals surface area contributed by atoms with Crippen molar-refractivity contribution >= 4 is 54.9 Å². The number of nitrogens with one attached hydrogen (secondary N) is 2. The van der Waals surface area contributed by atoms with Gasteiger partial charge >= 0.3 is 0 Å². The SMILES string of the molecule is Cl.Cl.Cl.O=C([C@@H]1C[C@H](NCc2ccccn2)CN1)N1CCSCC1. The zero-order valence-corrected chi connectivity index (χ0v) is 16.6. The summed E-state index contributed by atoms with van der Waals surface area (Å²) in [4.78, 5) is 18.8. The van der Waals surface area contributed by atoms with Crippen LogP contribution in [0.2, 0.25) is 0 Å². The molecule has 1 aromatic rings. The van der Waals surface area contributed by atoms with Crippen molar-refractivity contribution in [3.63, 3.8) is 0 Å². The van der Waals surface area contributed by atoms with Gasteiger partial charge in [-0.05, 0) is 18.6 Å². The molecule has 2 N–H and O–H groups in total. The molecular weight excluding hydrogens is 391 g/mol. The van der Waals surface area contributed by atoms with Gasteiger partial charge in [-0.25, -0.2) is 0 Å². The molecular formula is C15H25Cl3N4OS. The minimum absolute atomic E-state index is 0. The fourth-order valence-electron chi connectivity index (χ4n) is 2.84. The first kappa shape index (κ1) is 23.8. The van der Waals surface area contributed by atoms with Gasteiger partial charge in [0.05, 0.1) is 11.7 Å². The van der Waals surface area contributed by atoms with Crippen molar-refractivity contribution in [1.82, 2.24) is 20.5 Å². The van der Waals surface area contributed by atoms with Gasteiger partial charge in [-0.2, -0.15) is 11.8 Å². The van der Waals surface area contributed by atoms with Gasteiger partial charge in [0.15, 0.2) is 0 Å². The van der Waals surface area contributed by atoms with Gasteiger partial charge in [-0.1, -0.05) is 6.07 Å². The Kier molecular flexibility index (Phi) is 12.0. The van der Waals surface area contributed by atoms with Crippen LogP contribution < -0.4 is 10.6 Å². The number of aromatic nitrogens is 1. The van der Waals surface area contributed by atoms with Gasteiger partial charge in [-0.3, -0.25) is 9.78 Å². The van der Waals surface area contributed by atoms with E-state index in [9.17, 15) is 4.79 Å². The highest BCUT2D eigenvalue weighted by Crippen LogP contribution is 2.15. The van der Waals surface area contributed by atoms with Crippen LogP contribution in [0, 0.1) is 0 Å². The van der Waals surface area contributed by atoms with E-state index >= 15 is 0 Å². The number of nitrogens with zero attached hydrogens (tertiary/aromatic N) is 2. The Morgan fingerprint density at radius 3 is 2.71 bits per heavy atom. The summed E-state index contributed by atoms with van der Waals surface area (Å²) >= 11 is 1.93. The summed E-state index contributed by atoms with van der Waals surface area (Å²) in [5, 5.41) is 6.84. The summed E-state index contributed by atoms with van der Waals surface area (Å²) in [6.45, 7) is 3.40. The zero-order valence-electron chi connectivity index (χ0n) is 13.3. The monoisotopic (exact) mass is 414 g/mol. The molecule has 0 spiro atoms. The summed E-state index contributed by atoms with van der Waals surface area (Å²) in [7, 11) is 0. The molecule has 3 heterocycles. The third kappa shape index (κ3) is 6.58. The average molecular weight is 416 g/mol. The second kappa shape index (κ2) is 12.2. The number of hydrogen-bond acceptors (Lipinski definition) is 5. The number of thioether (sulfide) groups is 1. The lowest BCUT2D eigenvalue weighted by Gasteiger charge is -2.28. The van der Waals surface area contributed by atoms with E-state index < -0.39 is 0 Å². The number of carbonyl (C=O) groups excluding carboxylic acids is 1. The van der Waals surface area contributed by atoms with E-state index in [4.69, 9.17) is 0 Å². The smallest absolute Gasteiger partial charge is 0.239 e. The first-order valence-corrected chi connectivity index (χ1v) is 8.71. The summed E-state index contributed by atoms with van der Waals surface area (Å²) in [5.41, 5.74) is 1.04. The largest absolute Gasteiger partial charge is 0.340 e. The first-order valence-electron chi connectivity index (χ1n) is 7.56. The van der Waals surface area contributed by atoms with Crippen LogP contribution in [0.3, 0.4) is 0 Å². The molecule has 5 nitrogen and oxygen atoms in total. The standard InChI is InChI=1S/C15H22N4OS.3ClH/c20-15(19-5-7-21-8-6-19)14-9-13(11-18-14)17-10-12-3-1-2-4-16-12;;;/h1-4,13-14,17-18H,5-11H2;3*1H/t13-,14-;;;/m0.../s1. The fraction of sp³-hybridized carbons (Fsp3) is 0.600. The Balaban J connectivity index is 0.00000176. The van der Waals surface area contributed by atoms with Gasteiger partial charge in [0, 0.05) is 49.9 Å². The van der Waals surface area contributed by atoms with E-state index in [0.717, 1.165) is 49.8 Å². The number of pyridine rings is 1. The molecule has 1 aromatic heterocycles. The maximum atomic E-state index is 12.4. The van der Waals surface area contributed by atoms with Crippen molar-refractivity contribution in [3.8, 4) is 0 Å². The Morgan fingerprint density at radius 2 is 2.04 bits per heavy atom. The third-order valence-corrected chi connectivity index (χ3v) is 4.99. The van der Waals surface area contributed by atoms with Crippen molar-refractivity contribution in [2.24, 2.45) is 0 Å². The predicted molar refractivity (Wildman–Crippen MR) is 107 cm³/mol. The highest BCUT2D eigenvalue weighted by Gasteiger charge is 2.32. The molecule has 2 saturated heterocycles. The number of amides is 1. The van der Waals surface area contributed by atoms with Crippen molar-refractivity contribution in [2.75, 3.05) is 31.1 Å². The number of halogens is 3. The minimum atomic E-state index is -0.0191. The molecule has 1 amide bonds. The molecule has 0 saturated carbocycles. The molecule has 0 radical (unpaired) electrons. The van der Waals surface area contributed by atoms with Gasteiger partial charge in [-0.15, -0.1) is 37.2 Å². The summed E-state index contributed by atoms with van der Waals surface area (Å²) in [5.74, 6) is 2.41. The Morgan fingerprint density at radius 1 is 1.29 bits per heavy atom. The van der Waals surface area contributed by atoms with Crippen molar-refractivity contribution in [2.45, 2.75) is 25.0 Å². The lowest BCUT2D eigenvalue weighted by molar-refractivity contribution is -0.132. The van der Waals surface area contributed by atoms with Gasteiger partial charge in [0.1, 0.15) is 0 Å². The Bertz CT molecular complexity index is 477. The fourth-order valence-corrected chi connectivity index (χ4v) is 3.74. The van der Waals surface area contributed by atoms with E-state index in [-0.39, 0.29) is 49.2 Å². The molecule has 2 aliphatic heterocycles. The van der Waals surface area contributed by atoms with Crippen LogP contribution in [-0.2, 0) is 11.3 Å². The lowest BCUT2D eigenvalue weighted by atomic mass is 10.1. The Labute approximate surface area is 166 Å². The van der Waals surface area contributed by atoms with E-state index in [1.807, 2.05) is 41.1 Å². The molecule has 0 unspecified atom stereocenters. The molecule has 2 fully saturated rings. The van der Waals surface area contributed by atoms with Crippen molar-refractivity contribution in [1.29, 1.82) is 0 Å². The van der Waals surface area contributed by atoms with Crippen LogP contribution in [-0.4, -0.2) is 59.0 Å². The second-order valence-corrected chi connectivity index (χ2v) is 6.76. The van der Waals surface area contributed by atoms with Crippen molar-refractivity contribution < 1.29 is 4.79 Å². The molecule has 2 atom stereocenters. The maximum absolute atomic E-state index is 12.4. The van der Waals surface area contributed by atoms with Gasteiger partial charge in [0.2, 0.25) is 5.91 Å². The number of carbonyl (C=O) groups is 1. The lowest BCUT2D eigenvalue weighted by Crippen LogP contribution is -2.46. The predicted octanol–water partition coefficient (Wildman–Crippen LogP) is 1.74. The average Bonchev–Trinajstić information content (AvgIpc) is 3.03. The number of hydrogen-bond donors (Lipinski definition) is 2. The normalized spacial score (nSPS) is 22.8. The van der Waals surface area contributed by atoms with Crippen LogP contribution in [0.5, 0.6) is 0 Å². The van der Waals surface area contributed by atoms with E-state index in [0.29, 0.717) is 6.04 Å². The highest BCUT2D eigenvalue weighted by atomic mass is 35.5. The van der Waals surface area contributed by atoms with E-state index in [2.05, 4.69) is 15.6 Å². The zero-order chi connectivity index (χ0) is 14.5. The molecule has 9 heteroatoms. The van der Waals surface area contributed by atoms with Gasteiger partial charge < -0.3 is 15.5 Å². The van der Waals surface area contributed by atoms with Crippen LogP contribution in [0.4, 0.5) is 0 Å². The van der Waals surface area contributed by atoms with Crippen molar-refractivity contribution in [3.05, 3.63) is 30.1 Å². The summed E-state index contributed by atoms with van der Waals surface area (Å²) in [6.07, 6.45) is 2.68. The summed E-state index contributed by atoms with van der Waals surface area (Å²) < 4.78 is 0. The maximum Gasteiger partial charge on any atom is 0.239 e. The van der Waals surface area contributed by atoms with Crippen LogP contribution in [0.15, 0.2) is 24.4 Å². The summed E-state index contributed by atoms with van der Waals surface area (Å²) in [6, 6.07) is 6.27. The number of rotatable bonds is 4. The van der Waals surface area contributed by atoms with E-state index in [1.54, 1.807) is 0 Å². The topological polar surface area (TPSA) is 57.3 Å². The molecule has 0 aromatic carbocycles. The Hall–Kier alpha value is -0.240. The van der Waals surface area contributed by atoms with E-state index in [1.165, 1.54) is 0 Å². The quantitative estimate of drug-likeness (QED) is 0.784. The van der Waals surface area contributed by atoms with Crippen LogP contribution in [0.25, 0.3) is 0 Å². The van der Waals surface area contributed by atoms with Gasteiger partial charge in [0.25, 0.3) is 0 Å². The van der Waals surface area contributed by atoms with Crippen LogP contribution >= 0.6 is 49.0 Å².